The molecule has 0 aliphatic rings. The van der Waals surface area contributed by atoms with Crippen molar-refractivity contribution >= 4 is 22.9 Å². The first-order chi connectivity index (χ1) is 14.4. The Balaban J connectivity index is -0.00000103. The van der Waals surface area contributed by atoms with Crippen LogP contribution in [0.1, 0.15) is 11.4 Å². The van der Waals surface area contributed by atoms with E-state index in [0.29, 0.717) is 25.2 Å². The Bertz CT molecular complexity index is 823. The van der Waals surface area contributed by atoms with Gasteiger partial charge in [-0.2, -0.15) is 0 Å². The van der Waals surface area contributed by atoms with Gasteiger partial charge >= 0.3 is 39.9 Å². The Labute approximate surface area is 196 Å². The number of aryl methyl sites for hydroxylation is 1. The van der Waals surface area contributed by atoms with Gasteiger partial charge in [0.1, 0.15) is 5.82 Å². The number of benzene rings is 1. The molecular formula is C18H19N4O7ReS-. The molecule has 0 aliphatic carbocycles. The summed E-state index contributed by atoms with van der Waals surface area (Å²) in [6, 6.07) is 6.97. The Kier molecular flexibility index (Phi) is 22.5. The van der Waals surface area contributed by atoms with Gasteiger partial charge in [0.15, 0.2) is 0 Å². The van der Waals surface area contributed by atoms with E-state index in [1.807, 2.05) is 34.8 Å². The first kappa shape index (κ1) is 33.3. The second kappa shape index (κ2) is 20.9. The summed E-state index contributed by atoms with van der Waals surface area (Å²) in [5, 5.41) is 9.06. The number of nitrogens with one attached hydrogen (secondary N) is 1. The molecule has 1 heterocycles. The summed E-state index contributed by atoms with van der Waals surface area (Å²) < 4.78 is 47.8. The number of aliphatic carboxylic acids is 1. The zero-order valence-corrected chi connectivity index (χ0v) is 19.8. The zero-order valence-electron chi connectivity index (χ0n) is 16.3. The van der Waals surface area contributed by atoms with E-state index in [-0.39, 0.29) is 27.0 Å². The number of hydrogen-bond donors (Lipinski definition) is 2. The Morgan fingerprint density at radius 3 is 2.19 bits per heavy atom. The molecule has 2 rings (SSSR count). The minimum atomic E-state index is -2.34. The fourth-order valence-electron chi connectivity index (χ4n) is 2.28. The molecule has 1 unspecified atom stereocenters. The van der Waals surface area contributed by atoms with Gasteiger partial charge in [0.25, 0.3) is 0 Å². The predicted molar refractivity (Wildman–Crippen MR) is 101 cm³/mol. The van der Waals surface area contributed by atoms with Crippen molar-refractivity contribution in [1.29, 1.82) is 0 Å². The van der Waals surface area contributed by atoms with E-state index in [4.69, 9.17) is 19.1 Å². The number of carbonyl (C=O) groups is 1. The van der Waals surface area contributed by atoms with Gasteiger partial charge in [-0.15, -0.1) is 0 Å². The van der Waals surface area contributed by atoms with E-state index in [0.717, 1.165) is 11.4 Å². The standard InChI is InChI=1S/C15H20N4O4S.3CO.Re/c1-18-9-7-16-14(18)10-19(11-15(20)21)8-6-12-2-4-13(5-3-12)17-24(22)23;3*1-2;/h2-5,7,9,17H,6,8,10-11H2,1H3,(H,20,21)(H,22,23);;;;/p-1. The zero-order chi connectivity index (χ0) is 23.5. The molecule has 167 valence electrons. The van der Waals surface area contributed by atoms with Crippen LogP contribution in [0.5, 0.6) is 0 Å². The monoisotopic (exact) mass is 622 g/mol. The number of anilines is 1. The third-order valence-electron chi connectivity index (χ3n) is 3.52. The molecule has 2 N–H and O–H groups in total. The van der Waals surface area contributed by atoms with E-state index in [1.54, 1.807) is 18.3 Å². The predicted octanol–water partition coefficient (Wildman–Crippen LogP) is 0.640. The summed E-state index contributed by atoms with van der Waals surface area (Å²) in [5.41, 5.74) is 1.48. The second-order valence-corrected chi connectivity index (χ2v) is 6.02. The first-order valence-corrected chi connectivity index (χ1v) is 8.98. The third-order valence-corrected chi connectivity index (χ3v) is 3.92. The number of hydrogen-bond acceptors (Lipinski definition) is 5. The van der Waals surface area contributed by atoms with Crippen molar-refractivity contribution in [3.63, 3.8) is 0 Å². The molecule has 2 aromatic rings. The van der Waals surface area contributed by atoms with Crippen molar-refractivity contribution in [3.8, 4) is 0 Å². The molecule has 1 aromatic heterocycles. The molecule has 31 heavy (non-hydrogen) atoms. The van der Waals surface area contributed by atoms with E-state index >= 15 is 0 Å². The molecule has 1 atom stereocenters. The van der Waals surface area contributed by atoms with Crippen LogP contribution in [0.4, 0.5) is 5.69 Å². The van der Waals surface area contributed by atoms with Crippen LogP contribution in [0, 0.1) is 20.0 Å². The average Bonchev–Trinajstić information content (AvgIpc) is 3.15. The number of imidazole rings is 1. The average molecular weight is 622 g/mol. The second-order valence-electron chi connectivity index (χ2n) is 5.34. The minimum Gasteiger partial charge on any atom is 0 e. The summed E-state index contributed by atoms with van der Waals surface area (Å²) in [5.74, 6) is -0.0876. The molecule has 0 aliphatic heterocycles. The van der Waals surface area contributed by atoms with Gasteiger partial charge in [-0.1, -0.05) is 12.1 Å². The van der Waals surface area contributed by atoms with Crippen LogP contribution in [-0.4, -0.2) is 47.4 Å². The number of aromatic nitrogens is 2. The van der Waals surface area contributed by atoms with Gasteiger partial charge in [-0.3, -0.25) is 13.9 Å². The van der Waals surface area contributed by atoms with Crippen LogP contribution in [0.2, 0.25) is 0 Å². The van der Waals surface area contributed by atoms with Crippen molar-refractivity contribution < 1.29 is 53.0 Å². The molecule has 1 aromatic carbocycles. The Morgan fingerprint density at radius 1 is 1.23 bits per heavy atom. The maximum Gasteiger partial charge on any atom is 0 e. The number of nitrogens with zero attached hydrogens (tertiary/aromatic N) is 3. The van der Waals surface area contributed by atoms with Crippen LogP contribution >= 0.6 is 0 Å². The smallest absolute Gasteiger partial charge is 0 e. The van der Waals surface area contributed by atoms with Gasteiger partial charge in [-0.05, 0) is 24.1 Å². The van der Waals surface area contributed by atoms with E-state index in [2.05, 4.69) is 29.7 Å². The van der Waals surface area contributed by atoms with Crippen LogP contribution in [0.3, 0.4) is 0 Å². The van der Waals surface area contributed by atoms with Crippen molar-refractivity contribution in [2.24, 2.45) is 7.05 Å². The number of rotatable bonds is 9. The molecule has 0 saturated heterocycles. The minimum absolute atomic E-state index is 0. The first-order valence-electron chi connectivity index (χ1n) is 7.90. The summed E-state index contributed by atoms with van der Waals surface area (Å²) in [7, 11) is 1.87. The summed E-state index contributed by atoms with van der Waals surface area (Å²) in [6.07, 6.45) is 4.15. The third kappa shape index (κ3) is 15.2. The molecular weight excluding hydrogens is 602 g/mol. The fraction of sp³-hybridized carbons (Fsp3) is 0.278. The van der Waals surface area contributed by atoms with E-state index < -0.39 is 17.2 Å². The molecule has 13 heteroatoms. The van der Waals surface area contributed by atoms with Gasteiger partial charge in [0, 0.05) is 63.4 Å². The largest absolute Gasteiger partial charge is 0 e. The molecule has 11 nitrogen and oxygen atoms in total. The quantitative estimate of drug-likeness (QED) is 0.237. The Hall–Kier alpha value is -2.35. The van der Waals surface area contributed by atoms with Crippen molar-refractivity contribution in [2.75, 3.05) is 17.8 Å². The van der Waals surface area contributed by atoms with Crippen LogP contribution in [0.25, 0.3) is 0 Å². The van der Waals surface area contributed by atoms with Crippen molar-refractivity contribution in [2.45, 2.75) is 13.0 Å². The van der Waals surface area contributed by atoms with Crippen LogP contribution in [0.15, 0.2) is 36.7 Å². The molecule has 0 fully saturated rings. The summed E-state index contributed by atoms with van der Waals surface area (Å²) in [6.45, 7) is 14.4. The molecule has 0 amide bonds. The maximum absolute atomic E-state index is 11.0. The van der Waals surface area contributed by atoms with Gasteiger partial charge in [0.05, 0.1) is 13.1 Å². The van der Waals surface area contributed by atoms with E-state index in [1.165, 1.54) is 0 Å². The molecule has 0 bridgehead atoms. The number of carboxylic acids is 1. The van der Waals surface area contributed by atoms with Crippen LogP contribution < -0.4 is 4.72 Å². The van der Waals surface area contributed by atoms with Crippen LogP contribution in [-0.2, 0) is 70.5 Å². The van der Waals surface area contributed by atoms with Gasteiger partial charge in [-0.25, -0.2) is 4.98 Å². The fourth-order valence-corrected chi connectivity index (χ4v) is 2.61. The normalized spacial score (nSPS) is 9.71. The maximum atomic E-state index is 11.0. The molecule has 0 saturated carbocycles. The van der Waals surface area contributed by atoms with Crippen molar-refractivity contribution in [3.05, 3.63) is 68.0 Å². The summed E-state index contributed by atoms with van der Waals surface area (Å²) in [4.78, 5) is 17.1. The summed E-state index contributed by atoms with van der Waals surface area (Å²) >= 11 is -2.34. The SMILES string of the molecule is Cn1ccnc1CN(CCc1ccc(NS(=O)[O-])cc1)CC(=O)O.[C-]#[O+].[C-]#[O+].[C-]#[O+].[Re]. The van der Waals surface area contributed by atoms with E-state index in [9.17, 15) is 13.6 Å². The van der Waals surface area contributed by atoms with Gasteiger partial charge < -0.3 is 18.9 Å². The van der Waals surface area contributed by atoms with Gasteiger partial charge in [0.2, 0.25) is 0 Å². The molecule has 0 spiro atoms. The topological polar surface area (TPSA) is 170 Å². The Morgan fingerprint density at radius 2 is 1.77 bits per heavy atom. The van der Waals surface area contributed by atoms with Crippen molar-refractivity contribution in [1.82, 2.24) is 14.5 Å². The molecule has 1 radical (unpaired) electrons. The number of carboxylic acid groups (broad SMARTS) is 1.